The zero-order valence-electron chi connectivity index (χ0n) is 10.7. The van der Waals surface area contributed by atoms with E-state index in [0.717, 1.165) is 25.9 Å². The number of carbonyl (C=O) groups excluding carboxylic acids is 1. The third-order valence-corrected chi connectivity index (χ3v) is 3.73. The number of pyridine rings is 1. The van der Waals surface area contributed by atoms with E-state index >= 15 is 0 Å². The number of hydrogen-bond acceptors (Lipinski definition) is 4. The molecule has 1 aliphatic heterocycles. The van der Waals surface area contributed by atoms with Crippen LogP contribution in [0.5, 0.6) is 0 Å². The van der Waals surface area contributed by atoms with Crippen molar-refractivity contribution >= 4 is 21.8 Å². The van der Waals surface area contributed by atoms with Gasteiger partial charge in [-0.05, 0) is 40.9 Å². The minimum atomic E-state index is -0.123. The average molecular weight is 328 g/mol. The zero-order chi connectivity index (χ0) is 13.7. The SMILES string of the molecule is O=C(NC1CCN(CCO)CC1)c1cccc(Br)n1. The van der Waals surface area contributed by atoms with E-state index in [0.29, 0.717) is 16.8 Å². The van der Waals surface area contributed by atoms with E-state index in [9.17, 15) is 4.79 Å². The number of β-amino-alcohol motifs (C(OH)–C–C–N with tert-alkyl or cyclic N) is 1. The molecule has 6 heteroatoms. The number of amides is 1. The van der Waals surface area contributed by atoms with Gasteiger partial charge >= 0.3 is 0 Å². The van der Waals surface area contributed by atoms with Crippen molar-refractivity contribution in [2.75, 3.05) is 26.2 Å². The van der Waals surface area contributed by atoms with Gasteiger partial charge < -0.3 is 15.3 Å². The summed E-state index contributed by atoms with van der Waals surface area (Å²) in [5.41, 5.74) is 0.437. The van der Waals surface area contributed by atoms with Crippen LogP contribution in [0.1, 0.15) is 23.3 Å². The highest BCUT2D eigenvalue weighted by Gasteiger charge is 2.21. The van der Waals surface area contributed by atoms with Gasteiger partial charge in [0.1, 0.15) is 10.3 Å². The summed E-state index contributed by atoms with van der Waals surface area (Å²) in [6.45, 7) is 2.74. The molecule has 5 nitrogen and oxygen atoms in total. The minimum Gasteiger partial charge on any atom is -0.395 e. The maximum atomic E-state index is 12.0. The molecule has 0 saturated carbocycles. The molecule has 0 bridgehead atoms. The van der Waals surface area contributed by atoms with Crippen molar-refractivity contribution in [1.29, 1.82) is 0 Å². The number of carbonyl (C=O) groups is 1. The molecule has 0 aromatic carbocycles. The molecule has 104 valence electrons. The number of aliphatic hydroxyl groups excluding tert-OH is 1. The topological polar surface area (TPSA) is 65.5 Å². The van der Waals surface area contributed by atoms with Gasteiger partial charge in [0.15, 0.2) is 0 Å². The van der Waals surface area contributed by atoms with Crippen LogP contribution in [0.3, 0.4) is 0 Å². The van der Waals surface area contributed by atoms with Crippen molar-refractivity contribution in [3.05, 3.63) is 28.5 Å². The Morgan fingerprint density at radius 1 is 1.47 bits per heavy atom. The fourth-order valence-corrected chi connectivity index (χ4v) is 2.58. The summed E-state index contributed by atoms with van der Waals surface area (Å²) in [4.78, 5) is 18.4. The van der Waals surface area contributed by atoms with Crippen LogP contribution in [0, 0.1) is 0 Å². The standard InChI is InChI=1S/C13H18BrN3O2/c14-12-3-1-2-11(16-12)13(19)15-10-4-6-17(7-5-10)8-9-18/h1-3,10,18H,4-9H2,(H,15,19). The van der Waals surface area contributed by atoms with Crippen LogP contribution in [0.15, 0.2) is 22.8 Å². The van der Waals surface area contributed by atoms with E-state index in [-0.39, 0.29) is 18.6 Å². The smallest absolute Gasteiger partial charge is 0.270 e. The Kier molecular flexibility index (Phi) is 5.30. The lowest BCUT2D eigenvalue weighted by molar-refractivity contribution is 0.0898. The number of aromatic nitrogens is 1. The van der Waals surface area contributed by atoms with Crippen LogP contribution in [0.4, 0.5) is 0 Å². The van der Waals surface area contributed by atoms with Crippen molar-refractivity contribution in [3.63, 3.8) is 0 Å². The average Bonchev–Trinajstić information content (AvgIpc) is 2.41. The molecule has 2 heterocycles. The Morgan fingerprint density at radius 3 is 2.84 bits per heavy atom. The van der Waals surface area contributed by atoms with E-state index in [1.54, 1.807) is 18.2 Å². The maximum absolute atomic E-state index is 12.0. The van der Waals surface area contributed by atoms with E-state index in [1.807, 2.05) is 0 Å². The van der Waals surface area contributed by atoms with Crippen LogP contribution >= 0.6 is 15.9 Å². The van der Waals surface area contributed by atoms with E-state index in [1.165, 1.54) is 0 Å². The summed E-state index contributed by atoms with van der Waals surface area (Å²) in [5.74, 6) is -0.123. The molecule has 1 aromatic rings. The van der Waals surface area contributed by atoms with Gasteiger partial charge in [-0.25, -0.2) is 4.98 Å². The summed E-state index contributed by atoms with van der Waals surface area (Å²) >= 11 is 3.26. The third-order valence-electron chi connectivity index (χ3n) is 3.29. The molecule has 2 N–H and O–H groups in total. The quantitative estimate of drug-likeness (QED) is 0.811. The second-order valence-corrected chi connectivity index (χ2v) is 5.47. The highest BCUT2D eigenvalue weighted by molar-refractivity contribution is 9.10. The van der Waals surface area contributed by atoms with Crippen molar-refractivity contribution < 1.29 is 9.90 Å². The lowest BCUT2D eigenvalue weighted by atomic mass is 10.0. The predicted molar refractivity (Wildman–Crippen MR) is 76.0 cm³/mol. The van der Waals surface area contributed by atoms with Gasteiger partial charge in [0.05, 0.1) is 6.61 Å². The molecule has 0 spiro atoms. The maximum Gasteiger partial charge on any atom is 0.270 e. The number of likely N-dealkylation sites (tertiary alicyclic amines) is 1. The Balaban J connectivity index is 1.84. The largest absolute Gasteiger partial charge is 0.395 e. The molecule has 19 heavy (non-hydrogen) atoms. The van der Waals surface area contributed by atoms with Crippen molar-refractivity contribution in [3.8, 4) is 0 Å². The second kappa shape index (κ2) is 6.98. The fraction of sp³-hybridized carbons (Fsp3) is 0.538. The first-order valence-corrected chi connectivity index (χ1v) is 7.25. The molecule has 1 amide bonds. The summed E-state index contributed by atoms with van der Waals surface area (Å²) in [5, 5.41) is 11.9. The van der Waals surface area contributed by atoms with Gasteiger partial charge in [-0.1, -0.05) is 6.07 Å². The normalized spacial score (nSPS) is 17.4. The first-order valence-electron chi connectivity index (χ1n) is 6.45. The summed E-state index contributed by atoms with van der Waals surface area (Å²) < 4.78 is 0.665. The minimum absolute atomic E-state index is 0.123. The van der Waals surface area contributed by atoms with Crippen molar-refractivity contribution in [1.82, 2.24) is 15.2 Å². The molecule has 0 unspecified atom stereocenters. The monoisotopic (exact) mass is 327 g/mol. The molecule has 0 radical (unpaired) electrons. The van der Waals surface area contributed by atoms with Gasteiger partial charge in [0, 0.05) is 25.7 Å². The van der Waals surface area contributed by atoms with Crippen LogP contribution in [0.2, 0.25) is 0 Å². The van der Waals surface area contributed by atoms with E-state index in [2.05, 4.69) is 31.1 Å². The molecule has 0 aliphatic carbocycles. The molecule has 0 atom stereocenters. The number of aliphatic hydroxyl groups is 1. The Labute approximate surface area is 121 Å². The van der Waals surface area contributed by atoms with Gasteiger partial charge in [-0.3, -0.25) is 4.79 Å². The Bertz CT molecular complexity index is 434. The fourth-order valence-electron chi connectivity index (χ4n) is 2.24. The Hall–Kier alpha value is -0.980. The van der Waals surface area contributed by atoms with Crippen LogP contribution < -0.4 is 5.32 Å². The number of nitrogens with zero attached hydrogens (tertiary/aromatic N) is 2. The predicted octanol–water partition coefficient (Wildman–Crippen LogP) is 1.03. The molecule has 1 aromatic heterocycles. The lowest BCUT2D eigenvalue weighted by Crippen LogP contribution is -2.45. The van der Waals surface area contributed by atoms with Crippen LogP contribution in [-0.4, -0.2) is 53.2 Å². The first kappa shape index (κ1) is 14.4. The molecular weight excluding hydrogens is 310 g/mol. The van der Waals surface area contributed by atoms with Gasteiger partial charge in [-0.2, -0.15) is 0 Å². The Morgan fingerprint density at radius 2 is 2.21 bits per heavy atom. The summed E-state index contributed by atoms with van der Waals surface area (Å²) in [6.07, 6.45) is 1.83. The molecule has 1 aliphatic rings. The summed E-state index contributed by atoms with van der Waals surface area (Å²) in [7, 11) is 0. The molecule has 2 rings (SSSR count). The van der Waals surface area contributed by atoms with Crippen molar-refractivity contribution in [2.45, 2.75) is 18.9 Å². The van der Waals surface area contributed by atoms with Gasteiger partial charge in [0.25, 0.3) is 5.91 Å². The number of hydrogen-bond donors (Lipinski definition) is 2. The summed E-state index contributed by atoms with van der Waals surface area (Å²) in [6, 6.07) is 5.50. The molecule has 1 saturated heterocycles. The second-order valence-electron chi connectivity index (χ2n) is 4.66. The number of halogens is 1. The highest BCUT2D eigenvalue weighted by Crippen LogP contribution is 2.11. The van der Waals surface area contributed by atoms with E-state index < -0.39 is 0 Å². The number of piperidine rings is 1. The van der Waals surface area contributed by atoms with Crippen molar-refractivity contribution in [2.24, 2.45) is 0 Å². The first-order chi connectivity index (χ1) is 9.19. The van der Waals surface area contributed by atoms with Gasteiger partial charge in [0.2, 0.25) is 0 Å². The number of rotatable bonds is 4. The highest BCUT2D eigenvalue weighted by atomic mass is 79.9. The molecule has 1 fully saturated rings. The molecular formula is C13H18BrN3O2. The zero-order valence-corrected chi connectivity index (χ0v) is 12.3. The third kappa shape index (κ3) is 4.26. The van der Waals surface area contributed by atoms with Gasteiger partial charge in [-0.15, -0.1) is 0 Å². The van der Waals surface area contributed by atoms with E-state index in [4.69, 9.17) is 5.11 Å². The van der Waals surface area contributed by atoms with Crippen LogP contribution in [0.25, 0.3) is 0 Å². The van der Waals surface area contributed by atoms with Crippen LogP contribution in [-0.2, 0) is 0 Å². The number of nitrogens with one attached hydrogen (secondary N) is 1. The lowest BCUT2D eigenvalue weighted by Gasteiger charge is -2.31.